The van der Waals surface area contributed by atoms with E-state index in [0.717, 1.165) is 47.6 Å². The van der Waals surface area contributed by atoms with Gasteiger partial charge in [0.25, 0.3) is 0 Å². The number of nitrogens with one attached hydrogen (secondary N) is 2. The van der Waals surface area contributed by atoms with E-state index in [0.29, 0.717) is 22.4 Å². The molecule has 38 heavy (non-hydrogen) atoms. The maximum Gasteiger partial charge on any atom is 0.405 e. The Morgan fingerprint density at radius 1 is 0.974 bits per heavy atom. The molecule has 0 bridgehead atoms. The van der Waals surface area contributed by atoms with Crippen molar-refractivity contribution in [3.05, 3.63) is 107 Å². The Labute approximate surface area is 217 Å². The summed E-state index contributed by atoms with van der Waals surface area (Å²) in [7, 11) is 0. The maximum absolute atomic E-state index is 14.4. The highest BCUT2D eigenvalue weighted by Gasteiger charge is 2.28. The third kappa shape index (κ3) is 5.69. The van der Waals surface area contributed by atoms with Crippen molar-refractivity contribution >= 4 is 34.0 Å². The number of H-pyrrole nitrogens is 1. The molecule has 1 amide bonds. The number of halogens is 4. The molecule has 0 spiro atoms. The fraction of sp³-hybridized carbons (Fsp3) is 0.200. The number of benzene rings is 3. The lowest BCUT2D eigenvalue weighted by Crippen LogP contribution is -2.32. The molecule has 1 fully saturated rings. The van der Waals surface area contributed by atoms with Crippen LogP contribution in [-0.2, 0) is 4.79 Å². The van der Waals surface area contributed by atoms with Gasteiger partial charge < -0.3 is 5.32 Å². The normalized spacial score (nSPS) is 14.9. The summed E-state index contributed by atoms with van der Waals surface area (Å²) < 4.78 is 51.4. The Kier molecular flexibility index (Phi) is 7.13. The predicted octanol–water partition coefficient (Wildman–Crippen LogP) is 7.15. The number of nitrogens with zero attached hydrogens (tertiary/aromatic N) is 1. The second-order valence-electron chi connectivity index (χ2n) is 9.34. The van der Waals surface area contributed by atoms with Gasteiger partial charge >= 0.3 is 6.18 Å². The molecule has 4 aromatic rings. The molecule has 8 heteroatoms. The molecule has 1 saturated carbocycles. The number of hydrogen-bond acceptors (Lipinski definition) is 2. The molecule has 1 heterocycles. The Morgan fingerprint density at radius 3 is 2.34 bits per heavy atom. The van der Waals surface area contributed by atoms with Crippen LogP contribution in [0.15, 0.2) is 78.9 Å². The first-order chi connectivity index (χ1) is 18.3. The van der Waals surface area contributed by atoms with Gasteiger partial charge in [0.2, 0.25) is 11.9 Å². The van der Waals surface area contributed by atoms with E-state index in [1.165, 1.54) is 11.6 Å². The van der Waals surface area contributed by atoms with E-state index in [2.05, 4.69) is 22.3 Å². The molecule has 1 aromatic heterocycles. The first-order valence-corrected chi connectivity index (χ1v) is 12.4. The first kappa shape index (κ1) is 25.4. The predicted molar refractivity (Wildman–Crippen MR) is 140 cm³/mol. The highest BCUT2D eigenvalue weighted by atomic mass is 19.4. The van der Waals surface area contributed by atoms with Crippen LogP contribution in [0.1, 0.15) is 41.5 Å². The largest absolute Gasteiger partial charge is 0.405 e. The lowest BCUT2D eigenvalue weighted by atomic mass is 9.73. The molecule has 0 atom stereocenters. The highest BCUT2D eigenvalue weighted by molar-refractivity contribution is 6.01. The molecule has 0 aliphatic heterocycles. The third-order valence-corrected chi connectivity index (χ3v) is 6.75. The van der Waals surface area contributed by atoms with E-state index in [-0.39, 0.29) is 0 Å². The second-order valence-corrected chi connectivity index (χ2v) is 9.34. The number of allylic oxidation sites excluding steroid dienone is 1. The lowest BCUT2D eigenvalue weighted by molar-refractivity contribution is -0.135. The number of hydrogen-bond donors (Lipinski definition) is 2. The van der Waals surface area contributed by atoms with Crippen molar-refractivity contribution in [2.45, 2.75) is 25.4 Å². The summed E-state index contributed by atoms with van der Waals surface area (Å²) in [6, 6.07) is 23.1. The number of aromatic nitrogens is 2. The number of amides is 1. The molecule has 0 unspecified atom stereocenters. The van der Waals surface area contributed by atoms with Gasteiger partial charge in [-0.25, -0.2) is 0 Å². The number of alkyl halides is 3. The molecular weight excluding hydrogens is 494 g/mol. The van der Waals surface area contributed by atoms with Crippen molar-refractivity contribution in [3.8, 4) is 0 Å². The molecule has 0 saturated heterocycles. The monoisotopic (exact) mass is 519 g/mol. The Bertz CT molecular complexity index is 1500. The van der Waals surface area contributed by atoms with Crippen LogP contribution in [0.2, 0.25) is 0 Å². The Balaban J connectivity index is 1.56. The Hall–Kier alpha value is -4.20. The summed E-state index contributed by atoms with van der Waals surface area (Å²) in [6.07, 6.45) is 1.34. The van der Waals surface area contributed by atoms with Crippen molar-refractivity contribution in [3.63, 3.8) is 0 Å². The highest BCUT2D eigenvalue weighted by Crippen LogP contribution is 2.45. The third-order valence-electron chi connectivity index (χ3n) is 6.75. The molecule has 1 aliphatic carbocycles. The minimum absolute atomic E-state index is 0.356. The number of carbonyl (C=O) groups excluding carboxylic acids is 1. The van der Waals surface area contributed by atoms with Crippen LogP contribution in [0.3, 0.4) is 0 Å². The van der Waals surface area contributed by atoms with E-state index in [4.69, 9.17) is 0 Å². The van der Waals surface area contributed by atoms with Crippen LogP contribution >= 0.6 is 0 Å². The zero-order chi connectivity index (χ0) is 26.7. The molecule has 2 N–H and O–H groups in total. The molecule has 3 aromatic carbocycles. The quantitative estimate of drug-likeness (QED) is 0.155. The van der Waals surface area contributed by atoms with Crippen molar-refractivity contribution in [2.75, 3.05) is 6.54 Å². The molecular formula is C30H25F4N3O. The maximum atomic E-state index is 14.4. The van der Waals surface area contributed by atoms with E-state index in [9.17, 15) is 22.4 Å². The summed E-state index contributed by atoms with van der Waals surface area (Å²) in [4.78, 5) is 11.8. The van der Waals surface area contributed by atoms with Crippen LogP contribution in [0, 0.1) is 11.9 Å². The van der Waals surface area contributed by atoms with Crippen LogP contribution in [-0.4, -0.2) is 28.8 Å². The van der Waals surface area contributed by atoms with Crippen molar-refractivity contribution in [2.24, 2.45) is 5.92 Å². The molecule has 1 aliphatic rings. The number of rotatable bonds is 7. The van der Waals surface area contributed by atoms with Gasteiger partial charge in [0, 0.05) is 6.08 Å². The number of carbonyl (C=O) groups is 1. The summed E-state index contributed by atoms with van der Waals surface area (Å²) in [5, 5.41) is 8.64. The van der Waals surface area contributed by atoms with Crippen molar-refractivity contribution in [1.29, 1.82) is 0 Å². The van der Waals surface area contributed by atoms with Gasteiger partial charge in [-0.15, -0.1) is 0 Å². The average molecular weight is 520 g/mol. The summed E-state index contributed by atoms with van der Waals surface area (Å²) in [5.41, 5.74) is 6.26. The molecule has 0 radical (unpaired) electrons. The average Bonchev–Trinajstić information content (AvgIpc) is 3.25. The van der Waals surface area contributed by atoms with Crippen LogP contribution in [0.4, 0.5) is 17.6 Å². The SMILES string of the molecule is O=C(C=Cc1ccc(/C(=C(\c2ccccc2)C2CCC2)c2ccc3n[nH]c(F)c3c2)cc1)NCC(F)(F)F. The molecule has 4 nitrogen and oxygen atoms in total. The van der Waals surface area contributed by atoms with Gasteiger partial charge in [-0.2, -0.15) is 22.7 Å². The van der Waals surface area contributed by atoms with Crippen LogP contribution < -0.4 is 5.32 Å². The topological polar surface area (TPSA) is 57.8 Å². The van der Waals surface area contributed by atoms with Gasteiger partial charge in [0.15, 0.2) is 0 Å². The van der Waals surface area contributed by atoms with E-state index < -0.39 is 24.6 Å². The second kappa shape index (κ2) is 10.7. The molecule has 194 valence electrons. The van der Waals surface area contributed by atoms with Crippen molar-refractivity contribution in [1.82, 2.24) is 15.5 Å². The van der Waals surface area contributed by atoms with Gasteiger partial charge in [-0.1, -0.05) is 67.1 Å². The lowest BCUT2D eigenvalue weighted by Gasteiger charge is -2.31. The number of aromatic amines is 1. The zero-order valence-corrected chi connectivity index (χ0v) is 20.4. The van der Waals surface area contributed by atoms with Crippen LogP contribution in [0.5, 0.6) is 0 Å². The van der Waals surface area contributed by atoms with E-state index in [1.807, 2.05) is 59.9 Å². The van der Waals surface area contributed by atoms with E-state index in [1.54, 1.807) is 6.07 Å². The number of fused-ring (bicyclic) bond motifs is 1. The zero-order valence-electron chi connectivity index (χ0n) is 20.4. The minimum atomic E-state index is -4.47. The fourth-order valence-corrected chi connectivity index (χ4v) is 4.69. The minimum Gasteiger partial charge on any atom is -0.343 e. The fourth-order valence-electron chi connectivity index (χ4n) is 4.69. The van der Waals surface area contributed by atoms with Crippen LogP contribution in [0.25, 0.3) is 28.1 Å². The summed E-state index contributed by atoms with van der Waals surface area (Å²) in [5.74, 6) is -0.955. The van der Waals surface area contributed by atoms with Gasteiger partial charge in [0.05, 0.1) is 10.9 Å². The van der Waals surface area contributed by atoms with Gasteiger partial charge in [0.1, 0.15) is 6.54 Å². The Morgan fingerprint density at radius 2 is 1.68 bits per heavy atom. The van der Waals surface area contributed by atoms with Crippen molar-refractivity contribution < 1.29 is 22.4 Å². The standard InChI is InChI=1S/C30H25F4N3O/c31-29-24-17-23(14-15-25(24)36-37-29)28(27(21-7-4-8-21)20-5-2-1-3-6-20)22-12-9-19(10-13-22)11-16-26(38)35-18-30(32,33)34/h1-3,5-6,9-17,21H,4,7-8,18H2,(H,35,38)(H,36,37)/b16-11?,28-27-. The van der Waals surface area contributed by atoms with E-state index >= 15 is 0 Å². The summed E-state index contributed by atoms with van der Waals surface area (Å²) >= 11 is 0. The van der Waals surface area contributed by atoms with Gasteiger partial charge in [-0.05, 0) is 70.4 Å². The molecule has 5 rings (SSSR count). The van der Waals surface area contributed by atoms with Gasteiger partial charge in [-0.3, -0.25) is 9.89 Å². The summed E-state index contributed by atoms with van der Waals surface area (Å²) in [6.45, 7) is -1.38. The smallest absolute Gasteiger partial charge is 0.343 e. The first-order valence-electron chi connectivity index (χ1n) is 12.4.